The molecule has 134 valence electrons. The topological polar surface area (TPSA) is 72.7 Å². The number of carbonyl (C=O) groups excluding carboxylic acids is 2. The molecule has 6 heteroatoms. The number of hydrogen-bond donors (Lipinski definition) is 1. The summed E-state index contributed by atoms with van der Waals surface area (Å²) in [4.78, 5) is 24.2. The maximum Gasteiger partial charge on any atom is 0.341 e. The predicted octanol–water partition coefficient (Wildman–Crippen LogP) is 3.81. The van der Waals surface area contributed by atoms with Crippen molar-refractivity contribution in [3.63, 3.8) is 0 Å². The van der Waals surface area contributed by atoms with E-state index in [9.17, 15) is 9.59 Å². The molecule has 0 radical (unpaired) electrons. The van der Waals surface area contributed by atoms with E-state index in [4.69, 9.17) is 4.74 Å². The van der Waals surface area contributed by atoms with E-state index in [0.717, 1.165) is 6.42 Å². The summed E-state index contributed by atoms with van der Waals surface area (Å²) in [7, 11) is 0. The largest absolute Gasteiger partial charge is 0.462 e. The number of fused-ring (bicyclic) bond motifs is 1. The molecule has 0 aromatic carbocycles. The van der Waals surface area contributed by atoms with E-state index in [1.165, 1.54) is 38.3 Å². The Morgan fingerprint density at radius 3 is 2.88 bits per heavy atom. The molecule has 6 nitrogen and oxygen atoms in total. The van der Waals surface area contributed by atoms with Crippen LogP contribution in [-0.4, -0.2) is 28.1 Å². The van der Waals surface area contributed by atoms with Crippen molar-refractivity contribution in [2.75, 3.05) is 11.9 Å². The van der Waals surface area contributed by atoms with Gasteiger partial charge in [0, 0.05) is 18.3 Å². The zero-order valence-corrected chi connectivity index (χ0v) is 14.7. The van der Waals surface area contributed by atoms with Crippen LogP contribution in [0.1, 0.15) is 62.2 Å². The van der Waals surface area contributed by atoms with Gasteiger partial charge in [0.2, 0.25) is 5.91 Å². The molecule has 0 aliphatic heterocycles. The van der Waals surface area contributed by atoms with E-state index >= 15 is 0 Å². The van der Waals surface area contributed by atoms with Crippen LogP contribution in [0.2, 0.25) is 0 Å². The minimum Gasteiger partial charge on any atom is -0.462 e. The lowest BCUT2D eigenvalue weighted by Crippen LogP contribution is -2.15. The van der Waals surface area contributed by atoms with Crippen molar-refractivity contribution < 1.29 is 14.3 Å². The van der Waals surface area contributed by atoms with Crippen LogP contribution in [0.15, 0.2) is 24.5 Å². The molecule has 0 spiro atoms. The van der Waals surface area contributed by atoms with Gasteiger partial charge in [0.1, 0.15) is 5.56 Å². The maximum atomic E-state index is 12.2. The van der Waals surface area contributed by atoms with Gasteiger partial charge in [-0.15, -0.1) is 0 Å². The van der Waals surface area contributed by atoms with Gasteiger partial charge in [-0.05, 0) is 31.4 Å². The molecule has 25 heavy (non-hydrogen) atoms. The molecule has 2 aromatic heterocycles. The number of esters is 1. The summed E-state index contributed by atoms with van der Waals surface area (Å²) in [5.41, 5.74) is 1.70. The quantitative estimate of drug-likeness (QED) is 0.810. The minimum absolute atomic E-state index is 0.0205. The fourth-order valence-corrected chi connectivity index (χ4v) is 3.46. The van der Waals surface area contributed by atoms with Crippen molar-refractivity contribution in [3.8, 4) is 0 Å². The van der Waals surface area contributed by atoms with Crippen molar-refractivity contribution in [3.05, 3.63) is 30.1 Å². The molecule has 1 amide bonds. The third-order valence-corrected chi connectivity index (χ3v) is 4.81. The second-order valence-corrected chi connectivity index (χ2v) is 6.61. The monoisotopic (exact) mass is 343 g/mol. The fourth-order valence-electron chi connectivity index (χ4n) is 3.46. The molecule has 0 atom stereocenters. The molecule has 3 rings (SSSR count). The average molecular weight is 343 g/mol. The van der Waals surface area contributed by atoms with Crippen LogP contribution in [0.4, 0.5) is 5.69 Å². The molecule has 0 unspecified atom stereocenters. The van der Waals surface area contributed by atoms with Crippen LogP contribution >= 0.6 is 0 Å². The molecule has 1 aliphatic carbocycles. The highest BCUT2D eigenvalue weighted by molar-refractivity contribution is 5.98. The Balaban J connectivity index is 1.63. The van der Waals surface area contributed by atoms with Crippen molar-refractivity contribution in [1.82, 2.24) is 9.61 Å². The van der Waals surface area contributed by atoms with E-state index < -0.39 is 5.97 Å². The Hall–Kier alpha value is -2.37. The number of ether oxygens (including phenoxy) is 1. The van der Waals surface area contributed by atoms with Gasteiger partial charge in [-0.25, -0.2) is 9.31 Å². The number of aromatic nitrogens is 2. The number of nitrogens with one attached hydrogen (secondary N) is 1. The normalized spacial score (nSPS) is 15.2. The second-order valence-electron chi connectivity index (χ2n) is 6.61. The molecule has 1 N–H and O–H groups in total. The van der Waals surface area contributed by atoms with E-state index in [0.29, 0.717) is 35.7 Å². The molecule has 2 aromatic rings. The molecular formula is C19H25N3O3. The molecule has 1 aliphatic rings. The first-order valence-electron chi connectivity index (χ1n) is 9.11. The zero-order chi connectivity index (χ0) is 17.6. The Morgan fingerprint density at radius 2 is 2.12 bits per heavy atom. The fraction of sp³-hybridized carbons (Fsp3) is 0.526. The molecule has 0 saturated heterocycles. The van der Waals surface area contributed by atoms with Crippen LogP contribution in [0.25, 0.3) is 5.52 Å². The number of pyridine rings is 1. The van der Waals surface area contributed by atoms with E-state index in [2.05, 4.69) is 10.4 Å². The van der Waals surface area contributed by atoms with Crippen molar-refractivity contribution in [1.29, 1.82) is 0 Å². The first kappa shape index (κ1) is 17.5. The van der Waals surface area contributed by atoms with Crippen LogP contribution < -0.4 is 5.32 Å². The number of nitrogens with zero attached hydrogens (tertiary/aromatic N) is 2. The highest BCUT2D eigenvalue weighted by Crippen LogP contribution is 2.27. The third kappa shape index (κ3) is 4.38. The third-order valence-electron chi connectivity index (χ3n) is 4.81. The summed E-state index contributed by atoms with van der Waals surface area (Å²) in [6.45, 7) is 2.08. The van der Waals surface area contributed by atoms with Gasteiger partial charge in [0.25, 0.3) is 0 Å². The Labute approximate surface area is 147 Å². The summed E-state index contributed by atoms with van der Waals surface area (Å²) in [6, 6.07) is 3.55. The van der Waals surface area contributed by atoms with Crippen molar-refractivity contribution in [2.24, 2.45) is 5.92 Å². The summed E-state index contributed by atoms with van der Waals surface area (Å²) in [6.07, 6.45) is 11.1. The molecule has 1 saturated carbocycles. The van der Waals surface area contributed by atoms with Crippen molar-refractivity contribution >= 4 is 23.1 Å². The summed E-state index contributed by atoms with van der Waals surface area (Å²) in [5.74, 6) is 0.303. The van der Waals surface area contributed by atoms with Gasteiger partial charge < -0.3 is 10.1 Å². The van der Waals surface area contributed by atoms with Crippen LogP contribution in [0.5, 0.6) is 0 Å². The van der Waals surface area contributed by atoms with Crippen LogP contribution in [-0.2, 0) is 9.53 Å². The second kappa shape index (κ2) is 8.14. The lowest BCUT2D eigenvalue weighted by atomic mass is 9.86. The van der Waals surface area contributed by atoms with Crippen LogP contribution in [0, 0.1) is 5.92 Å². The Bertz CT molecular complexity index is 747. The van der Waals surface area contributed by atoms with Gasteiger partial charge in [-0.1, -0.05) is 32.1 Å². The first-order valence-corrected chi connectivity index (χ1v) is 9.11. The van der Waals surface area contributed by atoms with Gasteiger partial charge in [0.05, 0.1) is 18.3 Å². The Morgan fingerprint density at radius 1 is 1.32 bits per heavy atom. The molecule has 2 heterocycles. The number of amides is 1. The smallest absolute Gasteiger partial charge is 0.341 e. The zero-order valence-electron chi connectivity index (χ0n) is 14.7. The van der Waals surface area contributed by atoms with Gasteiger partial charge in [-0.2, -0.15) is 5.10 Å². The first-order chi connectivity index (χ1) is 12.2. The van der Waals surface area contributed by atoms with E-state index in [1.54, 1.807) is 29.8 Å². The van der Waals surface area contributed by atoms with Crippen LogP contribution in [0.3, 0.4) is 0 Å². The molecule has 0 bridgehead atoms. The lowest BCUT2D eigenvalue weighted by Gasteiger charge is -2.21. The summed E-state index contributed by atoms with van der Waals surface area (Å²) in [5, 5.41) is 7.07. The van der Waals surface area contributed by atoms with Gasteiger partial charge in [0.15, 0.2) is 0 Å². The average Bonchev–Trinajstić information content (AvgIpc) is 3.04. The maximum absolute atomic E-state index is 12.2. The number of rotatable bonds is 6. The van der Waals surface area contributed by atoms with Crippen molar-refractivity contribution in [2.45, 2.75) is 51.9 Å². The van der Waals surface area contributed by atoms with Gasteiger partial charge >= 0.3 is 5.97 Å². The molecular weight excluding hydrogens is 318 g/mol. The lowest BCUT2D eigenvalue weighted by molar-refractivity contribution is -0.116. The number of hydrogen-bond acceptors (Lipinski definition) is 4. The highest BCUT2D eigenvalue weighted by Gasteiger charge is 2.16. The number of carbonyl (C=O) groups is 2. The summed E-state index contributed by atoms with van der Waals surface area (Å²) < 4.78 is 6.64. The van der Waals surface area contributed by atoms with E-state index in [-0.39, 0.29) is 5.91 Å². The molecule has 1 fully saturated rings. The Kier molecular flexibility index (Phi) is 5.68. The summed E-state index contributed by atoms with van der Waals surface area (Å²) >= 11 is 0. The number of anilines is 1. The highest BCUT2D eigenvalue weighted by atomic mass is 16.5. The SMILES string of the molecule is CCOC(=O)c1cnn2ccc(NC(=O)CCC3CCCCC3)cc12. The predicted molar refractivity (Wildman–Crippen MR) is 95.6 cm³/mol. The van der Waals surface area contributed by atoms with E-state index in [1.807, 2.05) is 0 Å². The standard InChI is InChI=1S/C19H25N3O3/c1-2-25-19(24)16-13-20-22-11-10-15(12-17(16)22)21-18(23)9-8-14-6-4-3-5-7-14/h10-14H,2-9H2,1H3,(H,21,23). The minimum atomic E-state index is -0.404. The van der Waals surface area contributed by atoms with Gasteiger partial charge in [-0.3, -0.25) is 4.79 Å².